The van der Waals surface area contributed by atoms with Gasteiger partial charge < -0.3 is 25.1 Å². The lowest BCUT2D eigenvalue weighted by molar-refractivity contribution is 0.174. The Hall–Kier alpha value is -2.73. The van der Waals surface area contributed by atoms with Gasteiger partial charge in [-0.3, -0.25) is 0 Å². The number of piperidine rings is 1. The first-order valence-corrected chi connectivity index (χ1v) is 8.72. The Labute approximate surface area is 145 Å². The van der Waals surface area contributed by atoms with Gasteiger partial charge in [-0.05, 0) is 61.3 Å². The number of nitrogens with one attached hydrogen (secondary N) is 3. The van der Waals surface area contributed by atoms with Gasteiger partial charge in [-0.25, -0.2) is 4.98 Å². The van der Waals surface area contributed by atoms with E-state index in [1.165, 1.54) is 0 Å². The van der Waals surface area contributed by atoms with Crippen LogP contribution in [-0.2, 0) is 0 Å². The van der Waals surface area contributed by atoms with E-state index in [0.29, 0.717) is 6.04 Å². The van der Waals surface area contributed by atoms with Crippen LogP contribution in [0.25, 0.3) is 22.2 Å². The summed E-state index contributed by atoms with van der Waals surface area (Å²) < 4.78 is 11.0. The lowest BCUT2D eigenvalue weighted by Gasteiger charge is -2.24. The molecule has 0 bridgehead atoms. The fourth-order valence-electron chi connectivity index (χ4n) is 3.59. The lowest BCUT2D eigenvalue weighted by atomic mass is 10.0. The molecule has 2 aliphatic rings. The third kappa shape index (κ3) is 2.68. The number of nitrogens with zero attached hydrogens (tertiary/aromatic N) is 1. The van der Waals surface area contributed by atoms with Crippen LogP contribution in [0.3, 0.4) is 0 Å². The van der Waals surface area contributed by atoms with Gasteiger partial charge in [-0.15, -0.1) is 0 Å². The summed E-state index contributed by atoms with van der Waals surface area (Å²) in [6.45, 7) is 2.39. The third-order valence-electron chi connectivity index (χ3n) is 4.90. The summed E-state index contributed by atoms with van der Waals surface area (Å²) in [5.41, 5.74) is 3.14. The van der Waals surface area contributed by atoms with Gasteiger partial charge in [-0.2, -0.15) is 0 Å². The van der Waals surface area contributed by atoms with Gasteiger partial charge in [-0.1, -0.05) is 6.07 Å². The zero-order valence-corrected chi connectivity index (χ0v) is 13.8. The highest BCUT2D eigenvalue weighted by Gasteiger charge is 2.18. The van der Waals surface area contributed by atoms with Gasteiger partial charge >= 0.3 is 0 Å². The topological polar surface area (TPSA) is 71.2 Å². The molecule has 0 aliphatic carbocycles. The summed E-state index contributed by atoms with van der Waals surface area (Å²) in [6, 6.07) is 10.7. The number of aromatic nitrogens is 2. The molecule has 0 saturated carbocycles. The maximum absolute atomic E-state index is 5.54. The molecule has 0 radical (unpaired) electrons. The third-order valence-corrected chi connectivity index (χ3v) is 4.90. The van der Waals surface area contributed by atoms with Crippen LogP contribution in [0.15, 0.2) is 36.5 Å². The van der Waals surface area contributed by atoms with Crippen molar-refractivity contribution in [2.24, 2.45) is 0 Å². The van der Waals surface area contributed by atoms with Crippen molar-refractivity contribution < 1.29 is 9.47 Å². The zero-order valence-electron chi connectivity index (χ0n) is 13.8. The van der Waals surface area contributed by atoms with Crippen molar-refractivity contribution in [3.8, 4) is 22.6 Å². The predicted octanol–water partition coefficient (Wildman–Crippen LogP) is 3.12. The number of rotatable bonds is 3. The molecule has 25 heavy (non-hydrogen) atoms. The van der Waals surface area contributed by atoms with E-state index in [9.17, 15) is 0 Å². The number of aromatic amines is 1. The summed E-state index contributed by atoms with van der Waals surface area (Å²) in [4.78, 5) is 7.99. The van der Waals surface area contributed by atoms with Crippen LogP contribution in [-0.4, -0.2) is 35.9 Å². The molecule has 128 valence electrons. The Balaban J connectivity index is 1.55. The van der Waals surface area contributed by atoms with Crippen LogP contribution >= 0.6 is 0 Å². The van der Waals surface area contributed by atoms with Crippen LogP contribution < -0.4 is 20.1 Å². The van der Waals surface area contributed by atoms with Crippen molar-refractivity contribution in [2.45, 2.75) is 18.9 Å². The van der Waals surface area contributed by atoms with Crippen molar-refractivity contribution in [1.82, 2.24) is 15.3 Å². The maximum atomic E-state index is 5.54. The SMILES string of the molecule is c1cc2c(-c3ccc4c(c3)OCO4)cc(NC3CCNCC3)nc2[nH]1. The van der Waals surface area contributed by atoms with Crippen LogP contribution in [0.5, 0.6) is 11.5 Å². The molecule has 4 heterocycles. The van der Waals surface area contributed by atoms with E-state index in [4.69, 9.17) is 14.5 Å². The number of anilines is 1. The fraction of sp³-hybridized carbons (Fsp3) is 0.316. The molecule has 1 saturated heterocycles. The second-order valence-corrected chi connectivity index (χ2v) is 6.53. The number of benzene rings is 1. The second kappa shape index (κ2) is 5.97. The van der Waals surface area contributed by atoms with Crippen LogP contribution in [0.2, 0.25) is 0 Å². The number of hydrogen-bond donors (Lipinski definition) is 3. The molecule has 1 fully saturated rings. The Kier molecular flexibility index (Phi) is 3.48. The first kappa shape index (κ1) is 14.6. The van der Waals surface area contributed by atoms with Crippen LogP contribution in [0.1, 0.15) is 12.8 Å². The molecule has 0 spiro atoms. The highest BCUT2D eigenvalue weighted by atomic mass is 16.7. The van der Waals surface area contributed by atoms with Gasteiger partial charge in [0.2, 0.25) is 6.79 Å². The summed E-state index contributed by atoms with van der Waals surface area (Å²) in [7, 11) is 0. The number of pyridine rings is 1. The van der Waals surface area contributed by atoms with E-state index in [-0.39, 0.29) is 6.79 Å². The minimum absolute atomic E-state index is 0.289. The van der Waals surface area contributed by atoms with Crippen molar-refractivity contribution in [2.75, 3.05) is 25.2 Å². The summed E-state index contributed by atoms with van der Waals surface area (Å²) in [5, 5.41) is 8.10. The minimum atomic E-state index is 0.289. The maximum Gasteiger partial charge on any atom is 0.231 e. The molecule has 0 atom stereocenters. The van der Waals surface area contributed by atoms with Gasteiger partial charge in [0.15, 0.2) is 11.5 Å². The summed E-state index contributed by atoms with van der Waals surface area (Å²) in [5.74, 6) is 2.51. The molecule has 6 nitrogen and oxygen atoms in total. The monoisotopic (exact) mass is 336 g/mol. The van der Waals surface area contributed by atoms with E-state index in [2.05, 4.69) is 33.8 Å². The molecule has 3 N–H and O–H groups in total. The fourth-order valence-corrected chi connectivity index (χ4v) is 3.59. The second-order valence-electron chi connectivity index (χ2n) is 6.53. The summed E-state index contributed by atoms with van der Waals surface area (Å²) in [6.07, 6.45) is 4.16. The average Bonchev–Trinajstić information content (AvgIpc) is 3.30. The van der Waals surface area contributed by atoms with Crippen molar-refractivity contribution in [1.29, 1.82) is 0 Å². The minimum Gasteiger partial charge on any atom is -0.454 e. The van der Waals surface area contributed by atoms with E-state index >= 15 is 0 Å². The number of hydrogen-bond acceptors (Lipinski definition) is 5. The highest BCUT2D eigenvalue weighted by molar-refractivity contribution is 5.95. The standard InChI is InChI=1S/C19H20N4O2/c1-2-16-17(25-11-24-16)9-12(1)15-10-18(22-13-3-6-20-7-4-13)23-19-14(15)5-8-21-19/h1-2,5,8-10,13,20H,3-4,6-7,11H2,(H2,21,22,23). The van der Waals surface area contributed by atoms with E-state index in [1.807, 2.05) is 18.3 Å². The van der Waals surface area contributed by atoms with E-state index < -0.39 is 0 Å². The Morgan fingerprint density at radius 1 is 1.04 bits per heavy atom. The van der Waals surface area contributed by atoms with E-state index in [0.717, 1.165) is 65.4 Å². The molecule has 0 unspecified atom stereocenters. The smallest absolute Gasteiger partial charge is 0.231 e. The van der Waals surface area contributed by atoms with Crippen LogP contribution in [0.4, 0.5) is 5.82 Å². The molecule has 2 aromatic heterocycles. The summed E-state index contributed by atoms with van der Waals surface area (Å²) >= 11 is 0. The van der Waals surface area contributed by atoms with Gasteiger partial charge in [0, 0.05) is 17.6 Å². The molecule has 2 aliphatic heterocycles. The Bertz CT molecular complexity index is 915. The molecule has 6 heteroatoms. The van der Waals surface area contributed by atoms with Gasteiger partial charge in [0.25, 0.3) is 0 Å². The highest BCUT2D eigenvalue weighted by Crippen LogP contribution is 2.38. The molecular weight excluding hydrogens is 316 g/mol. The quantitative estimate of drug-likeness (QED) is 0.685. The van der Waals surface area contributed by atoms with Gasteiger partial charge in [0.05, 0.1) is 0 Å². The average molecular weight is 336 g/mol. The lowest BCUT2D eigenvalue weighted by Crippen LogP contribution is -2.35. The Morgan fingerprint density at radius 2 is 1.92 bits per heavy atom. The largest absolute Gasteiger partial charge is 0.454 e. The molecule has 3 aromatic rings. The Morgan fingerprint density at radius 3 is 2.84 bits per heavy atom. The number of fused-ring (bicyclic) bond motifs is 2. The first-order chi connectivity index (χ1) is 12.4. The van der Waals surface area contributed by atoms with Crippen molar-refractivity contribution in [3.63, 3.8) is 0 Å². The van der Waals surface area contributed by atoms with Gasteiger partial charge in [0.1, 0.15) is 11.5 Å². The predicted molar refractivity (Wildman–Crippen MR) is 97.2 cm³/mol. The zero-order chi connectivity index (χ0) is 16.6. The van der Waals surface area contributed by atoms with Crippen molar-refractivity contribution in [3.05, 3.63) is 36.5 Å². The van der Waals surface area contributed by atoms with Crippen LogP contribution in [0, 0.1) is 0 Å². The number of ether oxygens (including phenoxy) is 2. The first-order valence-electron chi connectivity index (χ1n) is 8.72. The molecule has 0 amide bonds. The number of H-pyrrole nitrogens is 1. The molecular formula is C19H20N4O2. The normalized spacial score (nSPS) is 17.1. The molecule has 5 rings (SSSR count). The van der Waals surface area contributed by atoms with Crippen molar-refractivity contribution >= 4 is 16.9 Å². The van der Waals surface area contributed by atoms with E-state index in [1.54, 1.807) is 0 Å². The molecule has 1 aromatic carbocycles.